The first kappa shape index (κ1) is 12.4. The molecule has 3 N–H and O–H groups in total. The Kier molecular flexibility index (Phi) is 3.78. The third kappa shape index (κ3) is 2.60. The second-order valence-electron chi connectivity index (χ2n) is 3.80. The first-order valence-corrected chi connectivity index (χ1v) is 6.26. The van der Waals surface area contributed by atoms with E-state index in [0.717, 1.165) is 6.54 Å². The Morgan fingerprint density at radius 1 is 1.50 bits per heavy atom. The van der Waals surface area contributed by atoms with Crippen LogP contribution in [0.1, 0.15) is 10.4 Å². The van der Waals surface area contributed by atoms with Crippen LogP contribution in [0.2, 0.25) is 0 Å². The highest BCUT2D eigenvalue weighted by atomic mass is 32.1. The van der Waals surface area contributed by atoms with Crippen LogP contribution in [0.4, 0.5) is 5.82 Å². The van der Waals surface area contributed by atoms with E-state index in [0.29, 0.717) is 11.4 Å². The van der Waals surface area contributed by atoms with Gasteiger partial charge in [0.15, 0.2) is 5.84 Å². The molecule has 0 aliphatic heterocycles. The minimum atomic E-state index is 0.0659. The largest absolute Gasteiger partial charge is 0.409 e. The molecule has 2 aromatic rings. The number of hydrogen-bond donors (Lipinski definition) is 2. The lowest BCUT2D eigenvalue weighted by Gasteiger charge is -2.19. The van der Waals surface area contributed by atoms with E-state index >= 15 is 0 Å². The summed E-state index contributed by atoms with van der Waals surface area (Å²) >= 11 is 1.69. The molecule has 94 valence electrons. The molecule has 0 saturated heterocycles. The van der Waals surface area contributed by atoms with Crippen LogP contribution in [-0.2, 0) is 6.54 Å². The van der Waals surface area contributed by atoms with E-state index in [-0.39, 0.29) is 5.84 Å². The number of thiophene rings is 1. The molecular formula is C12H14N4OS. The summed E-state index contributed by atoms with van der Waals surface area (Å²) in [5.74, 6) is 0.761. The van der Waals surface area contributed by atoms with Gasteiger partial charge in [0.2, 0.25) is 0 Å². The number of anilines is 1. The highest BCUT2D eigenvalue weighted by molar-refractivity contribution is 7.09. The number of hydrogen-bond acceptors (Lipinski definition) is 5. The van der Waals surface area contributed by atoms with Crippen molar-refractivity contribution in [2.45, 2.75) is 6.54 Å². The van der Waals surface area contributed by atoms with Gasteiger partial charge in [0.05, 0.1) is 12.1 Å². The zero-order valence-electron chi connectivity index (χ0n) is 9.95. The van der Waals surface area contributed by atoms with Gasteiger partial charge in [-0.2, -0.15) is 0 Å². The highest BCUT2D eigenvalue weighted by Crippen LogP contribution is 2.19. The third-order valence-corrected chi connectivity index (χ3v) is 3.37. The second-order valence-corrected chi connectivity index (χ2v) is 4.83. The zero-order chi connectivity index (χ0) is 13.0. The van der Waals surface area contributed by atoms with Gasteiger partial charge in [-0.25, -0.2) is 4.98 Å². The standard InChI is InChI=1S/C12H14N4OS/c1-16(8-9-4-3-7-18-9)12-10(11(13)15-17)5-2-6-14-12/h2-7,17H,8H2,1H3,(H2,13,15). The highest BCUT2D eigenvalue weighted by Gasteiger charge is 2.12. The van der Waals surface area contributed by atoms with Crippen molar-refractivity contribution in [3.8, 4) is 0 Å². The molecule has 0 aliphatic carbocycles. The minimum Gasteiger partial charge on any atom is -0.409 e. The number of nitrogens with zero attached hydrogens (tertiary/aromatic N) is 3. The summed E-state index contributed by atoms with van der Waals surface area (Å²) in [7, 11) is 1.93. The molecule has 6 heteroatoms. The molecule has 0 fully saturated rings. The average Bonchev–Trinajstić information content (AvgIpc) is 2.90. The van der Waals surface area contributed by atoms with Crippen LogP contribution >= 0.6 is 11.3 Å². The lowest BCUT2D eigenvalue weighted by Crippen LogP contribution is -2.23. The summed E-state index contributed by atoms with van der Waals surface area (Å²) in [6.45, 7) is 0.736. The smallest absolute Gasteiger partial charge is 0.173 e. The summed E-state index contributed by atoms with van der Waals surface area (Å²) in [6, 6.07) is 7.61. The molecule has 0 unspecified atom stereocenters. The van der Waals surface area contributed by atoms with E-state index in [2.05, 4.69) is 16.2 Å². The first-order valence-electron chi connectivity index (χ1n) is 5.39. The number of pyridine rings is 1. The molecule has 5 nitrogen and oxygen atoms in total. The van der Waals surface area contributed by atoms with Gasteiger partial charge in [0, 0.05) is 18.1 Å². The van der Waals surface area contributed by atoms with Crippen molar-refractivity contribution in [3.05, 3.63) is 46.3 Å². The van der Waals surface area contributed by atoms with E-state index in [1.54, 1.807) is 29.7 Å². The van der Waals surface area contributed by atoms with Gasteiger partial charge in [-0.15, -0.1) is 11.3 Å². The third-order valence-electron chi connectivity index (χ3n) is 2.51. The van der Waals surface area contributed by atoms with Crippen molar-refractivity contribution >= 4 is 23.0 Å². The van der Waals surface area contributed by atoms with Crippen LogP contribution in [0.15, 0.2) is 41.0 Å². The maximum absolute atomic E-state index is 8.77. The molecule has 0 atom stereocenters. The molecule has 2 aromatic heterocycles. The van der Waals surface area contributed by atoms with Gasteiger partial charge < -0.3 is 15.8 Å². The molecule has 0 amide bonds. The summed E-state index contributed by atoms with van der Waals surface area (Å²) < 4.78 is 0. The van der Waals surface area contributed by atoms with Crippen molar-refractivity contribution in [3.63, 3.8) is 0 Å². The zero-order valence-corrected chi connectivity index (χ0v) is 10.8. The fourth-order valence-electron chi connectivity index (χ4n) is 1.67. The van der Waals surface area contributed by atoms with Crippen molar-refractivity contribution in [2.75, 3.05) is 11.9 Å². The Bertz CT molecular complexity index is 539. The SMILES string of the molecule is CN(Cc1cccs1)c1ncccc1/C(N)=N/O. The van der Waals surface area contributed by atoms with E-state index in [1.165, 1.54) is 4.88 Å². The van der Waals surface area contributed by atoms with E-state index < -0.39 is 0 Å². The van der Waals surface area contributed by atoms with Gasteiger partial charge in [0.25, 0.3) is 0 Å². The monoisotopic (exact) mass is 262 g/mol. The number of oxime groups is 1. The number of amidine groups is 1. The molecule has 0 saturated carbocycles. The summed E-state index contributed by atoms with van der Waals surface area (Å²) in [6.07, 6.45) is 1.69. The molecule has 2 heterocycles. The fraction of sp³-hybridized carbons (Fsp3) is 0.167. The van der Waals surface area contributed by atoms with Gasteiger partial charge >= 0.3 is 0 Å². The molecule has 0 spiro atoms. The Balaban J connectivity index is 2.27. The molecule has 0 bridgehead atoms. The van der Waals surface area contributed by atoms with Crippen molar-refractivity contribution < 1.29 is 5.21 Å². The van der Waals surface area contributed by atoms with Crippen molar-refractivity contribution in [1.82, 2.24) is 4.98 Å². The summed E-state index contributed by atoms with van der Waals surface area (Å²) in [5, 5.41) is 13.8. The maximum atomic E-state index is 8.77. The normalized spacial score (nSPS) is 11.5. The van der Waals surface area contributed by atoms with Crippen LogP contribution in [0, 0.1) is 0 Å². The predicted molar refractivity (Wildman–Crippen MR) is 73.2 cm³/mol. The molecular weight excluding hydrogens is 248 g/mol. The van der Waals surface area contributed by atoms with E-state index in [9.17, 15) is 0 Å². The molecule has 0 aliphatic rings. The fourth-order valence-corrected chi connectivity index (χ4v) is 2.42. The first-order chi connectivity index (χ1) is 8.72. The Morgan fingerprint density at radius 3 is 3.00 bits per heavy atom. The van der Waals surface area contributed by atoms with E-state index in [1.807, 2.05) is 23.4 Å². The van der Waals surface area contributed by atoms with E-state index in [4.69, 9.17) is 10.9 Å². The Morgan fingerprint density at radius 2 is 2.33 bits per heavy atom. The van der Waals surface area contributed by atoms with Gasteiger partial charge in [-0.1, -0.05) is 11.2 Å². The number of rotatable bonds is 4. The second kappa shape index (κ2) is 5.50. The van der Waals surface area contributed by atoms with Gasteiger partial charge in [0.1, 0.15) is 5.82 Å². The molecule has 18 heavy (non-hydrogen) atoms. The van der Waals surface area contributed by atoms with Crippen LogP contribution < -0.4 is 10.6 Å². The van der Waals surface area contributed by atoms with Crippen molar-refractivity contribution in [2.24, 2.45) is 10.9 Å². The number of aromatic nitrogens is 1. The molecule has 0 aromatic carbocycles. The van der Waals surface area contributed by atoms with Crippen LogP contribution in [-0.4, -0.2) is 23.1 Å². The molecule has 2 rings (SSSR count). The lowest BCUT2D eigenvalue weighted by molar-refractivity contribution is 0.318. The minimum absolute atomic E-state index is 0.0659. The molecule has 0 radical (unpaired) electrons. The number of nitrogens with two attached hydrogens (primary N) is 1. The quantitative estimate of drug-likeness (QED) is 0.382. The predicted octanol–water partition coefficient (Wildman–Crippen LogP) is 1.87. The van der Waals surface area contributed by atoms with Crippen LogP contribution in [0.5, 0.6) is 0 Å². The maximum Gasteiger partial charge on any atom is 0.173 e. The Hall–Kier alpha value is -2.08. The average molecular weight is 262 g/mol. The summed E-state index contributed by atoms with van der Waals surface area (Å²) in [4.78, 5) is 7.49. The lowest BCUT2D eigenvalue weighted by atomic mass is 10.2. The Labute approximate surface area is 109 Å². The van der Waals surface area contributed by atoms with Crippen LogP contribution in [0.25, 0.3) is 0 Å². The van der Waals surface area contributed by atoms with Gasteiger partial charge in [-0.05, 0) is 23.6 Å². The van der Waals surface area contributed by atoms with Crippen molar-refractivity contribution in [1.29, 1.82) is 0 Å². The topological polar surface area (TPSA) is 74.7 Å². The van der Waals surface area contributed by atoms with Crippen LogP contribution in [0.3, 0.4) is 0 Å². The van der Waals surface area contributed by atoms with Gasteiger partial charge in [-0.3, -0.25) is 0 Å². The summed E-state index contributed by atoms with van der Waals surface area (Å²) in [5.41, 5.74) is 6.27.